The molecule has 1 rings (SSSR count). The van der Waals surface area contributed by atoms with Crippen LogP contribution in [0.25, 0.3) is 0 Å². The lowest BCUT2D eigenvalue weighted by atomic mass is 10.2. The Morgan fingerprint density at radius 3 is 2.80 bits per heavy atom. The van der Waals surface area contributed by atoms with E-state index in [1.165, 1.54) is 7.11 Å². The van der Waals surface area contributed by atoms with Crippen molar-refractivity contribution in [3.8, 4) is 0 Å². The number of carbonyl (C=O) groups is 1. The maximum absolute atomic E-state index is 12.1. The molecule has 0 aliphatic carbocycles. The van der Waals surface area contributed by atoms with Crippen LogP contribution in [0.1, 0.15) is 20.3 Å². The van der Waals surface area contributed by atoms with Gasteiger partial charge >= 0.3 is 5.97 Å². The highest BCUT2D eigenvalue weighted by Gasteiger charge is 2.13. The van der Waals surface area contributed by atoms with Gasteiger partial charge in [-0.05, 0) is 5.92 Å². The van der Waals surface area contributed by atoms with E-state index in [1.54, 1.807) is 17.0 Å². The van der Waals surface area contributed by atoms with Crippen LogP contribution in [-0.2, 0) is 16.1 Å². The predicted molar refractivity (Wildman–Crippen MR) is 74.9 cm³/mol. The number of rotatable bonds is 8. The van der Waals surface area contributed by atoms with Gasteiger partial charge in [0.1, 0.15) is 0 Å². The minimum Gasteiger partial charge on any atom is -0.481 e. The molecule has 0 saturated carbocycles. The largest absolute Gasteiger partial charge is 0.481 e. The zero-order valence-electron chi connectivity index (χ0n) is 12.0. The lowest BCUT2D eigenvalue weighted by Crippen LogP contribution is -2.30. The number of ether oxygens (including phenoxy) is 1. The van der Waals surface area contributed by atoms with Gasteiger partial charge in [-0.3, -0.25) is 9.59 Å². The number of hydrogen-bond donors (Lipinski definition) is 2. The van der Waals surface area contributed by atoms with E-state index < -0.39 is 12.1 Å². The highest BCUT2D eigenvalue weighted by molar-refractivity contribution is 5.67. The van der Waals surface area contributed by atoms with Gasteiger partial charge in [0.15, 0.2) is 5.82 Å². The van der Waals surface area contributed by atoms with E-state index in [0.717, 1.165) is 0 Å². The third-order valence-corrected chi connectivity index (χ3v) is 2.71. The second-order valence-electron chi connectivity index (χ2n) is 4.96. The fourth-order valence-electron chi connectivity index (χ4n) is 1.75. The fraction of sp³-hybridized carbons (Fsp3) is 0.615. The Hall–Kier alpha value is -1.89. The first kappa shape index (κ1) is 16.2. The average molecular weight is 283 g/mol. The van der Waals surface area contributed by atoms with Gasteiger partial charge in [-0.1, -0.05) is 13.8 Å². The molecule has 0 radical (unpaired) electrons. The van der Waals surface area contributed by atoms with Gasteiger partial charge in [0, 0.05) is 32.6 Å². The van der Waals surface area contributed by atoms with E-state index in [-0.39, 0.29) is 24.3 Å². The van der Waals surface area contributed by atoms with Crippen molar-refractivity contribution in [2.24, 2.45) is 5.92 Å². The van der Waals surface area contributed by atoms with Gasteiger partial charge in [-0.15, -0.1) is 0 Å². The van der Waals surface area contributed by atoms with Crippen LogP contribution in [0.5, 0.6) is 0 Å². The molecule has 0 aliphatic rings. The van der Waals surface area contributed by atoms with E-state index in [1.807, 2.05) is 13.8 Å². The summed E-state index contributed by atoms with van der Waals surface area (Å²) in [5.74, 6) is -0.390. The average Bonchev–Trinajstić information content (AvgIpc) is 2.37. The van der Waals surface area contributed by atoms with Crippen LogP contribution < -0.4 is 10.9 Å². The lowest BCUT2D eigenvalue weighted by Gasteiger charge is -2.15. The predicted octanol–water partition coefficient (Wildman–Crippen LogP) is 0.801. The number of carboxylic acids is 1. The van der Waals surface area contributed by atoms with Crippen molar-refractivity contribution in [3.63, 3.8) is 0 Å². The van der Waals surface area contributed by atoms with Gasteiger partial charge < -0.3 is 19.7 Å². The normalized spacial score (nSPS) is 12.4. The second kappa shape index (κ2) is 7.64. The van der Waals surface area contributed by atoms with E-state index in [9.17, 15) is 9.59 Å². The van der Waals surface area contributed by atoms with Crippen molar-refractivity contribution in [2.75, 3.05) is 19.0 Å². The number of aliphatic carboxylic acids is 1. The second-order valence-corrected chi connectivity index (χ2v) is 4.96. The molecule has 112 valence electrons. The Bertz CT molecular complexity index is 499. The molecule has 0 bridgehead atoms. The van der Waals surface area contributed by atoms with Crippen LogP contribution in [0.4, 0.5) is 5.82 Å². The maximum Gasteiger partial charge on any atom is 0.306 e. The van der Waals surface area contributed by atoms with Crippen molar-refractivity contribution in [3.05, 3.63) is 22.7 Å². The van der Waals surface area contributed by atoms with Gasteiger partial charge in [-0.25, -0.2) is 4.98 Å². The molecule has 20 heavy (non-hydrogen) atoms. The molecule has 7 nitrogen and oxygen atoms in total. The van der Waals surface area contributed by atoms with E-state index in [4.69, 9.17) is 9.84 Å². The van der Waals surface area contributed by atoms with Crippen molar-refractivity contribution in [1.82, 2.24) is 9.55 Å². The van der Waals surface area contributed by atoms with Gasteiger partial charge in [0.2, 0.25) is 0 Å². The van der Waals surface area contributed by atoms with Crippen LogP contribution >= 0.6 is 0 Å². The molecule has 1 aromatic rings. The number of anilines is 1. The summed E-state index contributed by atoms with van der Waals surface area (Å²) in [7, 11) is 1.44. The zero-order valence-corrected chi connectivity index (χ0v) is 12.0. The van der Waals surface area contributed by atoms with Crippen LogP contribution in [0, 0.1) is 5.92 Å². The van der Waals surface area contributed by atoms with Crippen molar-refractivity contribution < 1.29 is 14.6 Å². The van der Waals surface area contributed by atoms with Gasteiger partial charge in [0.25, 0.3) is 5.56 Å². The minimum absolute atomic E-state index is 0.128. The third kappa shape index (κ3) is 5.00. The molecule has 1 unspecified atom stereocenters. The van der Waals surface area contributed by atoms with E-state index in [2.05, 4.69) is 10.3 Å². The molecule has 0 aliphatic heterocycles. The summed E-state index contributed by atoms with van der Waals surface area (Å²) in [6.45, 7) is 4.87. The Balaban J connectivity index is 2.72. The fourth-order valence-corrected chi connectivity index (χ4v) is 1.75. The summed E-state index contributed by atoms with van der Waals surface area (Å²) in [5.41, 5.74) is -0.216. The smallest absolute Gasteiger partial charge is 0.306 e. The molecule has 1 aromatic heterocycles. The number of nitrogens with one attached hydrogen (secondary N) is 1. The number of carboxylic acid groups (broad SMARTS) is 1. The van der Waals surface area contributed by atoms with Gasteiger partial charge in [0.05, 0.1) is 12.5 Å². The first-order valence-electron chi connectivity index (χ1n) is 6.48. The Morgan fingerprint density at radius 1 is 1.55 bits per heavy atom. The molecule has 2 N–H and O–H groups in total. The first-order chi connectivity index (χ1) is 9.43. The summed E-state index contributed by atoms with van der Waals surface area (Å²) in [6, 6.07) is 0. The molecule has 0 fully saturated rings. The van der Waals surface area contributed by atoms with Crippen LogP contribution in [0.2, 0.25) is 0 Å². The summed E-state index contributed by atoms with van der Waals surface area (Å²) in [5, 5.41) is 11.6. The monoisotopic (exact) mass is 283 g/mol. The molecular weight excluding hydrogens is 262 g/mol. The quantitative estimate of drug-likeness (QED) is 0.733. The number of methoxy groups -OCH3 is 1. The summed E-state index contributed by atoms with van der Waals surface area (Å²) in [6.07, 6.45) is 2.55. The molecule has 1 heterocycles. The Labute approximate surface area is 117 Å². The molecule has 0 saturated heterocycles. The summed E-state index contributed by atoms with van der Waals surface area (Å²) in [4.78, 5) is 26.7. The number of hydrogen-bond acceptors (Lipinski definition) is 5. The highest BCUT2D eigenvalue weighted by atomic mass is 16.5. The SMILES string of the molecule is COC(CNc1nccn(CC(C)C)c1=O)CC(=O)O. The standard InChI is InChI=1S/C13H21N3O4/c1-9(2)8-16-5-4-14-12(13(16)19)15-7-10(20-3)6-11(17)18/h4-5,9-10H,6-8H2,1-3H3,(H,14,15)(H,17,18). The lowest BCUT2D eigenvalue weighted by molar-refractivity contribution is -0.139. The summed E-state index contributed by atoms with van der Waals surface area (Å²) < 4.78 is 6.62. The minimum atomic E-state index is -0.947. The molecule has 0 spiro atoms. The maximum atomic E-state index is 12.1. The van der Waals surface area contributed by atoms with Gasteiger partial charge in [-0.2, -0.15) is 0 Å². The Kier molecular flexibility index (Phi) is 6.17. The van der Waals surface area contributed by atoms with Crippen molar-refractivity contribution in [1.29, 1.82) is 0 Å². The van der Waals surface area contributed by atoms with Crippen molar-refractivity contribution >= 4 is 11.8 Å². The topological polar surface area (TPSA) is 93.5 Å². The zero-order chi connectivity index (χ0) is 15.1. The third-order valence-electron chi connectivity index (χ3n) is 2.71. The first-order valence-corrected chi connectivity index (χ1v) is 6.48. The molecule has 7 heteroatoms. The molecule has 0 aromatic carbocycles. The van der Waals surface area contributed by atoms with E-state index >= 15 is 0 Å². The number of nitrogens with zero attached hydrogens (tertiary/aromatic N) is 2. The Morgan fingerprint density at radius 2 is 2.25 bits per heavy atom. The van der Waals surface area contributed by atoms with Crippen LogP contribution in [0.15, 0.2) is 17.2 Å². The summed E-state index contributed by atoms with van der Waals surface area (Å²) >= 11 is 0. The van der Waals surface area contributed by atoms with Crippen molar-refractivity contribution in [2.45, 2.75) is 32.9 Å². The molecule has 0 amide bonds. The molecular formula is C13H21N3O4. The van der Waals surface area contributed by atoms with Crippen LogP contribution in [0.3, 0.4) is 0 Å². The molecule has 1 atom stereocenters. The number of aromatic nitrogens is 2. The van der Waals surface area contributed by atoms with E-state index in [0.29, 0.717) is 12.5 Å². The van der Waals surface area contributed by atoms with Crippen LogP contribution in [-0.4, -0.2) is 40.4 Å². The highest BCUT2D eigenvalue weighted by Crippen LogP contribution is 2.01.